The highest BCUT2D eigenvalue weighted by atomic mass is 32.1. The maximum Gasteiger partial charge on any atom is 0.255 e. The molecule has 0 unspecified atom stereocenters. The number of thiocarbonyl (C=S) groups is 1. The minimum absolute atomic E-state index is 0.0705. The molecule has 0 fully saturated rings. The van der Waals surface area contributed by atoms with Crippen molar-refractivity contribution in [2.24, 2.45) is 0 Å². The largest absolute Gasteiger partial charge is 0.507 e. The summed E-state index contributed by atoms with van der Waals surface area (Å²) in [4.78, 5) is 24.9. The number of benzene rings is 3. The quantitative estimate of drug-likeness (QED) is 0.463. The van der Waals surface area contributed by atoms with E-state index in [1.165, 1.54) is 12.1 Å². The second kappa shape index (κ2) is 9.06. The van der Waals surface area contributed by atoms with Gasteiger partial charge in [0.1, 0.15) is 5.75 Å². The molecule has 0 spiro atoms. The van der Waals surface area contributed by atoms with E-state index >= 15 is 0 Å². The smallest absolute Gasteiger partial charge is 0.255 e. The van der Waals surface area contributed by atoms with E-state index in [0.717, 1.165) is 11.1 Å². The predicted molar refractivity (Wildman–Crippen MR) is 114 cm³/mol. The number of carbonyl (C=O) groups excluding carboxylic acids is 2. The van der Waals surface area contributed by atoms with Crippen molar-refractivity contribution < 1.29 is 14.7 Å². The predicted octanol–water partition coefficient (Wildman–Crippen LogP) is 4.43. The number of carbonyl (C=O) groups is 2. The normalized spacial score (nSPS) is 10.3. The molecular formula is C23H19NO3S. The number of phenolic OH excluding ortho intramolecular Hbond substituents is 1. The van der Waals surface area contributed by atoms with E-state index in [0.29, 0.717) is 10.4 Å². The lowest BCUT2D eigenvalue weighted by Crippen LogP contribution is -2.29. The molecule has 0 saturated heterocycles. The van der Waals surface area contributed by atoms with Crippen LogP contribution < -0.4 is 5.32 Å². The number of hydrogen-bond acceptors (Lipinski definition) is 4. The Morgan fingerprint density at radius 2 is 1.43 bits per heavy atom. The van der Waals surface area contributed by atoms with E-state index in [1.807, 2.05) is 42.5 Å². The zero-order valence-electron chi connectivity index (χ0n) is 15.1. The summed E-state index contributed by atoms with van der Waals surface area (Å²) in [5.41, 5.74) is 2.88. The molecule has 0 aliphatic heterocycles. The number of rotatable bonds is 7. The molecule has 140 valence electrons. The van der Waals surface area contributed by atoms with Crippen LogP contribution in [-0.4, -0.2) is 28.2 Å². The van der Waals surface area contributed by atoms with Gasteiger partial charge in [-0.2, -0.15) is 0 Å². The Balaban J connectivity index is 1.55. The second-order valence-corrected chi connectivity index (χ2v) is 6.86. The molecular weight excluding hydrogens is 370 g/mol. The van der Waals surface area contributed by atoms with Crippen molar-refractivity contribution in [2.75, 3.05) is 6.54 Å². The van der Waals surface area contributed by atoms with Crippen molar-refractivity contribution in [3.05, 3.63) is 90.0 Å². The van der Waals surface area contributed by atoms with Gasteiger partial charge in [-0.15, -0.1) is 0 Å². The van der Waals surface area contributed by atoms with Gasteiger partial charge in [0, 0.05) is 23.4 Å². The fourth-order valence-electron chi connectivity index (χ4n) is 2.76. The number of Topliss-reactive ketones (excluding diaryl/α,β-unsaturated/α-hetero) is 1. The molecule has 2 N–H and O–H groups in total. The van der Waals surface area contributed by atoms with Gasteiger partial charge in [-0.3, -0.25) is 9.59 Å². The van der Waals surface area contributed by atoms with Crippen molar-refractivity contribution in [2.45, 2.75) is 6.42 Å². The molecule has 3 aromatic rings. The number of phenols is 1. The molecule has 0 aliphatic rings. The zero-order valence-corrected chi connectivity index (χ0v) is 15.9. The van der Waals surface area contributed by atoms with Crippen LogP contribution in [0.4, 0.5) is 0 Å². The van der Waals surface area contributed by atoms with Crippen molar-refractivity contribution in [1.29, 1.82) is 0 Å². The van der Waals surface area contributed by atoms with Gasteiger partial charge in [-0.25, -0.2) is 0 Å². The van der Waals surface area contributed by atoms with Gasteiger partial charge in [0.2, 0.25) is 0 Å². The Morgan fingerprint density at radius 3 is 2.11 bits per heavy atom. The highest BCUT2D eigenvalue weighted by Crippen LogP contribution is 2.20. The fourth-order valence-corrected chi connectivity index (χ4v) is 2.97. The first-order valence-electron chi connectivity index (χ1n) is 8.81. The Hall–Kier alpha value is -3.31. The molecule has 0 bridgehead atoms. The topological polar surface area (TPSA) is 66.4 Å². The third kappa shape index (κ3) is 4.90. The maximum absolute atomic E-state index is 12.4. The van der Waals surface area contributed by atoms with Crippen molar-refractivity contribution >= 4 is 28.8 Å². The number of ketones is 1. The number of nitrogens with one attached hydrogen (secondary N) is 1. The van der Waals surface area contributed by atoms with Crippen LogP contribution in [0.5, 0.6) is 5.75 Å². The monoisotopic (exact) mass is 389 g/mol. The van der Waals surface area contributed by atoms with E-state index in [4.69, 9.17) is 12.2 Å². The van der Waals surface area contributed by atoms with E-state index in [2.05, 4.69) is 5.32 Å². The minimum Gasteiger partial charge on any atom is -0.507 e. The molecule has 4 nitrogen and oxygen atoms in total. The van der Waals surface area contributed by atoms with Crippen molar-refractivity contribution in [1.82, 2.24) is 5.32 Å². The van der Waals surface area contributed by atoms with E-state index < -0.39 is 5.91 Å². The van der Waals surface area contributed by atoms with Gasteiger partial charge in [-0.1, -0.05) is 78.9 Å². The van der Waals surface area contributed by atoms with E-state index in [1.54, 1.807) is 24.3 Å². The van der Waals surface area contributed by atoms with Crippen molar-refractivity contribution in [3.63, 3.8) is 0 Å². The molecule has 3 aromatic carbocycles. The molecule has 0 saturated carbocycles. The third-order valence-corrected chi connectivity index (χ3v) is 4.56. The number of aromatic hydroxyl groups is 1. The molecule has 0 aliphatic carbocycles. The van der Waals surface area contributed by atoms with Crippen LogP contribution in [0, 0.1) is 0 Å². The van der Waals surface area contributed by atoms with E-state index in [9.17, 15) is 14.7 Å². The Labute approximate surface area is 168 Å². The molecule has 0 radical (unpaired) electrons. The highest BCUT2D eigenvalue weighted by Gasteiger charge is 2.13. The zero-order chi connectivity index (χ0) is 19.9. The number of amides is 1. The average molecular weight is 389 g/mol. The molecule has 0 heterocycles. The van der Waals surface area contributed by atoms with Crippen LogP contribution in [0.15, 0.2) is 78.9 Å². The maximum atomic E-state index is 12.4. The highest BCUT2D eigenvalue weighted by molar-refractivity contribution is 7.80. The molecule has 5 heteroatoms. The Kier molecular flexibility index (Phi) is 6.29. The molecule has 28 heavy (non-hydrogen) atoms. The Morgan fingerprint density at radius 1 is 0.821 bits per heavy atom. The summed E-state index contributed by atoms with van der Waals surface area (Å²) in [6.07, 6.45) is 0.0705. The van der Waals surface area contributed by atoms with Gasteiger partial charge in [0.15, 0.2) is 5.78 Å². The van der Waals surface area contributed by atoms with Gasteiger partial charge in [-0.05, 0) is 23.3 Å². The summed E-state index contributed by atoms with van der Waals surface area (Å²) in [5.74, 6) is -0.623. The van der Waals surface area contributed by atoms with Crippen LogP contribution in [0.2, 0.25) is 0 Å². The summed E-state index contributed by atoms with van der Waals surface area (Å²) < 4.78 is 0. The third-order valence-electron chi connectivity index (χ3n) is 4.27. The van der Waals surface area contributed by atoms with Crippen LogP contribution in [0.3, 0.4) is 0 Å². The lowest BCUT2D eigenvalue weighted by atomic mass is 10.0. The van der Waals surface area contributed by atoms with Crippen LogP contribution in [0.25, 0.3) is 11.1 Å². The lowest BCUT2D eigenvalue weighted by molar-refractivity contribution is 0.0952. The fraction of sp³-hybridized carbons (Fsp3) is 0.0870. The number of hydrogen-bond donors (Lipinski definition) is 2. The standard InChI is InChI=1S/C23H19NO3S/c25-21-9-5-4-8-20(21)23(27)24-15-19(28)14-22(26)18-12-10-17(11-13-18)16-6-2-1-3-7-16/h1-13,25H,14-15H2,(H,24,27). The van der Waals surface area contributed by atoms with Crippen molar-refractivity contribution in [3.8, 4) is 16.9 Å². The number of para-hydroxylation sites is 1. The van der Waals surface area contributed by atoms with Gasteiger partial charge < -0.3 is 10.4 Å². The molecule has 0 aromatic heterocycles. The second-order valence-electron chi connectivity index (χ2n) is 6.28. The summed E-state index contributed by atoms with van der Waals surface area (Å²) >= 11 is 5.24. The van der Waals surface area contributed by atoms with Gasteiger partial charge >= 0.3 is 0 Å². The average Bonchev–Trinajstić information content (AvgIpc) is 2.73. The molecule has 3 rings (SSSR count). The first-order chi connectivity index (χ1) is 13.5. The van der Waals surface area contributed by atoms with E-state index in [-0.39, 0.29) is 30.1 Å². The lowest BCUT2D eigenvalue weighted by Gasteiger charge is -2.08. The molecule has 0 atom stereocenters. The minimum atomic E-state index is -0.430. The van der Waals surface area contributed by atoms with Gasteiger partial charge in [0.05, 0.1) is 5.56 Å². The first kappa shape index (κ1) is 19.5. The SMILES string of the molecule is O=C(CC(=S)CNC(=O)c1ccccc1O)c1ccc(-c2ccccc2)cc1. The molecule has 1 amide bonds. The van der Waals surface area contributed by atoms with Gasteiger partial charge in [0.25, 0.3) is 5.91 Å². The Bertz CT molecular complexity index is 998. The van der Waals surface area contributed by atoms with Crippen LogP contribution in [-0.2, 0) is 0 Å². The summed E-state index contributed by atoms with van der Waals surface area (Å²) in [6, 6.07) is 23.6. The summed E-state index contributed by atoms with van der Waals surface area (Å²) in [6.45, 7) is 0.0936. The van der Waals surface area contributed by atoms with Crippen LogP contribution in [0.1, 0.15) is 27.1 Å². The van der Waals surface area contributed by atoms with Crippen LogP contribution >= 0.6 is 12.2 Å². The summed E-state index contributed by atoms with van der Waals surface area (Å²) in [7, 11) is 0. The first-order valence-corrected chi connectivity index (χ1v) is 9.22. The summed E-state index contributed by atoms with van der Waals surface area (Å²) in [5, 5.41) is 12.3.